The van der Waals surface area contributed by atoms with Crippen LogP contribution < -0.4 is 10.7 Å². The molecular formula is C17H12F3NO2. The summed E-state index contributed by atoms with van der Waals surface area (Å²) in [5.74, 6) is -0.205. The molecule has 3 rings (SSSR count). The number of halogens is 3. The van der Waals surface area contributed by atoms with Crippen molar-refractivity contribution in [3.63, 3.8) is 0 Å². The van der Waals surface area contributed by atoms with E-state index in [1.165, 1.54) is 0 Å². The van der Waals surface area contributed by atoms with Gasteiger partial charge in [-0.05, 0) is 11.6 Å². The molecule has 0 bridgehead atoms. The Labute approximate surface area is 129 Å². The zero-order valence-electron chi connectivity index (χ0n) is 11.9. The van der Waals surface area contributed by atoms with E-state index >= 15 is 0 Å². The Hall–Kier alpha value is -2.76. The maximum atomic E-state index is 12.3. The van der Waals surface area contributed by atoms with E-state index in [-0.39, 0.29) is 11.5 Å². The number of benzene rings is 2. The van der Waals surface area contributed by atoms with Crippen LogP contribution in [0.4, 0.5) is 19.1 Å². The Kier molecular flexibility index (Phi) is 3.82. The first-order chi connectivity index (χ1) is 10.9. The van der Waals surface area contributed by atoms with Gasteiger partial charge in [-0.1, -0.05) is 42.5 Å². The summed E-state index contributed by atoms with van der Waals surface area (Å²) in [6.07, 6.45) is -4.40. The Morgan fingerprint density at radius 3 is 2.43 bits per heavy atom. The number of hydrogen-bond donors (Lipinski definition) is 1. The maximum absolute atomic E-state index is 12.3. The predicted molar refractivity (Wildman–Crippen MR) is 82.5 cm³/mol. The van der Waals surface area contributed by atoms with E-state index in [9.17, 15) is 18.0 Å². The van der Waals surface area contributed by atoms with Crippen LogP contribution in [0.25, 0.3) is 22.1 Å². The van der Waals surface area contributed by atoms with Crippen LogP contribution >= 0.6 is 0 Å². The molecule has 6 heteroatoms. The molecular weight excluding hydrogens is 307 g/mol. The quantitative estimate of drug-likeness (QED) is 0.776. The third-order valence-corrected chi connectivity index (χ3v) is 3.30. The summed E-state index contributed by atoms with van der Waals surface area (Å²) in [5.41, 5.74) is 1.33. The number of fused-ring (bicyclic) bond motifs is 1. The topological polar surface area (TPSA) is 42.2 Å². The van der Waals surface area contributed by atoms with Crippen molar-refractivity contribution < 1.29 is 17.6 Å². The number of anilines is 1. The van der Waals surface area contributed by atoms with E-state index in [0.717, 1.165) is 11.6 Å². The van der Waals surface area contributed by atoms with Gasteiger partial charge in [0.25, 0.3) is 0 Å². The molecule has 0 aliphatic heterocycles. The Bertz CT molecular complexity index is 886. The summed E-state index contributed by atoms with van der Waals surface area (Å²) in [6, 6.07) is 15.3. The fraction of sp³-hybridized carbons (Fsp3) is 0.118. The van der Waals surface area contributed by atoms with E-state index in [4.69, 9.17) is 4.42 Å². The highest BCUT2D eigenvalue weighted by molar-refractivity contribution is 5.92. The first kappa shape index (κ1) is 15.1. The third-order valence-electron chi connectivity index (χ3n) is 3.30. The van der Waals surface area contributed by atoms with E-state index in [1.54, 1.807) is 18.2 Å². The first-order valence-corrected chi connectivity index (χ1v) is 6.87. The van der Waals surface area contributed by atoms with Gasteiger partial charge in [0.05, 0.1) is 5.39 Å². The molecule has 0 fully saturated rings. The molecule has 118 valence electrons. The van der Waals surface area contributed by atoms with Crippen LogP contribution in [0.1, 0.15) is 0 Å². The van der Waals surface area contributed by atoms with Crippen molar-refractivity contribution in [1.29, 1.82) is 0 Å². The third kappa shape index (κ3) is 3.36. The van der Waals surface area contributed by atoms with Crippen molar-refractivity contribution in [2.45, 2.75) is 6.18 Å². The van der Waals surface area contributed by atoms with Crippen LogP contribution in [-0.2, 0) is 0 Å². The highest BCUT2D eigenvalue weighted by atomic mass is 19.4. The molecule has 0 unspecified atom stereocenters. The van der Waals surface area contributed by atoms with Crippen LogP contribution in [0, 0.1) is 0 Å². The molecule has 0 radical (unpaired) electrons. The number of nitrogens with one attached hydrogen (secondary N) is 1. The van der Waals surface area contributed by atoms with Crippen molar-refractivity contribution >= 4 is 16.9 Å². The summed E-state index contributed by atoms with van der Waals surface area (Å²) in [5, 5.41) is 2.43. The molecule has 23 heavy (non-hydrogen) atoms. The van der Waals surface area contributed by atoms with Gasteiger partial charge < -0.3 is 9.73 Å². The van der Waals surface area contributed by atoms with Crippen LogP contribution in [-0.4, -0.2) is 12.7 Å². The Balaban J connectivity index is 2.12. The molecule has 0 aliphatic carbocycles. The van der Waals surface area contributed by atoms with Gasteiger partial charge in [0, 0.05) is 11.6 Å². The predicted octanol–water partition coefficient (Wildman–Crippen LogP) is 4.43. The monoisotopic (exact) mass is 319 g/mol. The van der Waals surface area contributed by atoms with Gasteiger partial charge in [-0.2, -0.15) is 13.2 Å². The Morgan fingerprint density at radius 1 is 1.00 bits per heavy atom. The van der Waals surface area contributed by atoms with E-state index in [2.05, 4.69) is 5.32 Å². The molecule has 0 saturated carbocycles. The molecule has 1 aromatic heterocycles. The molecule has 0 atom stereocenters. The summed E-state index contributed by atoms with van der Waals surface area (Å²) < 4.78 is 42.5. The van der Waals surface area contributed by atoms with Crippen molar-refractivity contribution in [2.24, 2.45) is 0 Å². The second kappa shape index (κ2) is 5.79. The van der Waals surface area contributed by atoms with Crippen molar-refractivity contribution in [3.05, 3.63) is 64.8 Å². The minimum atomic E-state index is -4.40. The molecule has 2 aromatic carbocycles. The molecule has 1 N–H and O–H groups in total. The Morgan fingerprint density at radius 2 is 1.74 bits per heavy atom. The molecule has 0 aliphatic rings. The molecule has 0 saturated heterocycles. The number of hydrogen-bond acceptors (Lipinski definition) is 3. The van der Waals surface area contributed by atoms with Crippen LogP contribution in [0.15, 0.2) is 63.8 Å². The number of para-hydroxylation sites is 1. The molecule has 3 nitrogen and oxygen atoms in total. The average molecular weight is 319 g/mol. The van der Waals surface area contributed by atoms with Gasteiger partial charge in [0.2, 0.25) is 0 Å². The largest absolute Gasteiger partial charge is 0.440 e. The summed E-state index contributed by atoms with van der Waals surface area (Å²) >= 11 is 0. The van der Waals surface area contributed by atoms with Crippen LogP contribution in [0.5, 0.6) is 0 Å². The molecule has 1 heterocycles. The lowest BCUT2D eigenvalue weighted by Crippen LogP contribution is -2.21. The fourth-order valence-corrected chi connectivity index (χ4v) is 2.30. The second-order valence-electron chi connectivity index (χ2n) is 4.99. The van der Waals surface area contributed by atoms with Crippen molar-refractivity contribution in [1.82, 2.24) is 0 Å². The molecule has 0 amide bonds. The fourth-order valence-electron chi connectivity index (χ4n) is 2.30. The minimum Gasteiger partial charge on any atom is -0.440 e. The maximum Gasteiger partial charge on any atom is 0.405 e. The second-order valence-corrected chi connectivity index (χ2v) is 4.99. The summed E-state index contributed by atoms with van der Waals surface area (Å²) in [7, 11) is 0. The smallest absolute Gasteiger partial charge is 0.405 e. The van der Waals surface area contributed by atoms with Gasteiger partial charge >= 0.3 is 6.18 Å². The first-order valence-electron chi connectivity index (χ1n) is 6.87. The van der Waals surface area contributed by atoms with Gasteiger partial charge in [-0.25, -0.2) is 0 Å². The zero-order valence-corrected chi connectivity index (χ0v) is 11.9. The summed E-state index contributed by atoms with van der Waals surface area (Å²) in [4.78, 5) is 12.1. The highest BCUT2D eigenvalue weighted by Gasteiger charge is 2.27. The molecule has 0 spiro atoms. The van der Waals surface area contributed by atoms with Gasteiger partial charge in [-0.3, -0.25) is 4.79 Å². The van der Waals surface area contributed by atoms with E-state index < -0.39 is 18.1 Å². The van der Waals surface area contributed by atoms with Gasteiger partial charge in [-0.15, -0.1) is 0 Å². The number of alkyl halides is 3. The lowest BCUT2D eigenvalue weighted by molar-refractivity contribution is -0.115. The highest BCUT2D eigenvalue weighted by Crippen LogP contribution is 2.29. The average Bonchev–Trinajstić information content (AvgIpc) is 2.53. The zero-order chi connectivity index (χ0) is 16.4. The number of rotatable bonds is 3. The van der Waals surface area contributed by atoms with Crippen LogP contribution in [0.3, 0.4) is 0 Å². The normalized spacial score (nSPS) is 11.6. The lowest BCUT2D eigenvalue weighted by atomic mass is 10.0. The lowest BCUT2D eigenvalue weighted by Gasteiger charge is -2.11. The van der Waals surface area contributed by atoms with E-state index in [1.807, 2.05) is 30.3 Å². The standard InChI is InChI=1S/C17H12F3NO2/c18-17(19,20)10-21-15-9-14(22)13-8-4-7-12(16(13)23-15)11-5-2-1-3-6-11/h1-9,21H,10H2. The minimum absolute atomic E-state index is 0.205. The SMILES string of the molecule is O=c1cc(NCC(F)(F)F)oc2c(-c3ccccc3)cccc12. The molecule has 3 aromatic rings. The van der Waals surface area contributed by atoms with Gasteiger partial charge in [0.1, 0.15) is 12.1 Å². The van der Waals surface area contributed by atoms with Crippen molar-refractivity contribution in [2.75, 3.05) is 11.9 Å². The van der Waals surface area contributed by atoms with Crippen molar-refractivity contribution in [3.8, 4) is 11.1 Å². The summed E-state index contributed by atoms with van der Waals surface area (Å²) in [6.45, 7) is -1.27. The van der Waals surface area contributed by atoms with Crippen LogP contribution in [0.2, 0.25) is 0 Å². The van der Waals surface area contributed by atoms with E-state index in [0.29, 0.717) is 10.9 Å². The van der Waals surface area contributed by atoms with Gasteiger partial charge in [0.15, 0.2) is 11.3 Å².